The van der Waals surface area contributed by atoms with Crippen molar-refractivity contribution in [2.45, 2.75) is 14.7 Å². The molecule has 2 aromatic rings. The zero-order valence-corrected chi connectivity index (χ0v) is 15.8. The van der Waals surface area contributed by atoms with Gasteiger partial charge in [0.05, 0.1) is 0 Å². The van der Waals surface area contributed by atoms with Crippen molar-refractivity contribution in [1.82, 2.24) is 9.80 Å². The lowest BCUT2D eigenvalue weighted by molar-refractivity contribution is 0.207. The Morgan fingerprint density at radius 3 is 2.54 bits per heavy atom. The van der Waals surface area contributed by atoms with E-state index in [1.807, 2.05) is 23.5 Å². The van der Waals surface area contributed by atoms with Crippen LogP contribution in [0, 0.1) is 0 Å². The van der Waals surface area contributed by atoms with E-state index in [2.05, 4.69) is 71.6 Å². The van der Waals surface area contributed by atoms with Crippen LogP contribution in [0.2, 0.25) is 0 Å². The SMILES string of the molecule is CSc1ccc2c(c1)C=C(N1CCN(C)CC1)c1ccccc1S2. The summed E-state index contributed by atoms with van der Waals surface area (Å²) in [6.45, 7) is 4.45. The van der Waals surface area contributed by atoms with E-state index in [-0.39, 0.29) is 0 Å². The first kappa shape index (κ1) is 16.1. The Hall–Kier alpha value is -1.36. The van der Waals surface area contributed by atoms with E-state index in [9.17, 15) is 0 Å². The maximum atomic E-state index is 2.56. The van der Waals surface area contributed by atoms with E-state index >= 15 is 0 Å². The van der Waals surface area contributed by atoms with Crippen molar-refractivity contribution >= 4 is 35.3 Å². The number of nitrogens with zero attached hydrogens (tertiary/aromatic N) is 2. The molecule has 0 aliphatic carbocycles. The third kappa shape index (κ3) is 3.10. The molecule has 0 unspecified atom stereocenters. The molecule has 24 heavy (non-hydrogen) atoms. The van der Waals surface area contributed by atoms with Crippen LogP contribution in [0.25, 0.3) is 11.8 Å². The second-order valence-corrected chi connectivity index (χ2v) is 8.29. The van der Waals surface area contributed by atoms with Crippen LogP contribution in [0.1, 0.15) is 11.1 Å². The van der Waals surface area contributed by atoms with Crippen LogP contribution in [-0.2, 0) is 0 Å². The second-order valence-electron chi connectivity index (χ2n) is 6.32. The fraction of sp³-hybridized carbons (Fsp3) is 0.300. The third-order valence-electron chi connectivity index (χ3n) is 4.74. The molecule has 0 aromatic heterocycles. The molecule has 1 fully saturated rings. The average molecular weight is 355 g/mol. The lowest BCUT2D eigenvalue weighted by atomic mass is 10.1. The standard InChI is InChI=1S/C20H22N2S2/c1-21-9-11-22(12-10-21)18-14-15-13-16(23-2)7-8-19(15)24-20-6-4-3-5-17(18)20/h3-8,13-14H,9-12H2,1-2H3. The molecule has 2 nitrogen and oxygen atoms in total. The fourth-order valence-corrected chi connectivity index (χ4v) is 4.77. The molecule has 0 amide bonds. The van der Waals surface area contributed by atoms with Crippen LogP contribution in [0.3, 0.4) is 0 Å². The molecule has 2 aromatic carbocycles. The van der Waals surface area contributed by atoms with Crippen LogP contribution >= 0.6 is 23.5 Å². The van der Waals surface area contributed by atoms with Gasteiger partial charge in [0.15, 0.2) is 0 Å². The minimum atomic E-state index is 1.10. The van der Waals surface area contributed by atoms with Gasteiger partial charge in [0.25, 0.3) is 0 Å². The summed E-state index contributed by atoms with van der Waals surface area (Å²) >= 11 is 3.70. The lowest BCUT2D eigenvalue weighted by Crippen LogP contribution is -2.43. The largest absolute Gasteiger partial charge is 0.368 e. The molecule has 124 valence electrons. The fourth-order valence-electron chi connectivity index (χ4n) is 3.28. The minimum absolute atomic E-state index is 1.10. The van der Waals surface area contributed by atoms with E-state index in [1.165, 1.54) is 31.5 Å². The topological polar surface area (TPSA) is 6.48 Å². The van der Waals surface area contributed by atoms with Gasteiger partial charge in [-0.15, -0.1) is 11.8 Å². The molecule has 0 saturated carbocycles. The third-order valence-corrected chi connectivity index (χ3v) is 6.63. The van der Waals surface area contributed by atoms with Crippen LogP contribution in [0.4, 0.5) is 0 Å². The molecule has 4 rings (SSSR count). The van der Waals surface area contributed by atoms with Gasteiger partial charge in [-0.05, 0) is 49.2 Å². The summed E-state index contributed by atoms with van der Waals surface area (Å²) in [5.41, 5.74) is 4.09. The quantitative estimate of drug-likeness (QED) is 0.726. The Bertz CT molecular complexity index is 777. The van der Waals surface area contributed by atoms with Gasteiger partial charge in [-0.25, -0.2) is 0 Å². The van der Waals surface area contributed by atoms with Crippen molar-refractivity contribution in [3.8, 4) is 0 Å². The number of fused-ring (bicyclic) bond motifs is 2. The van der Waals surface area contributed by atoms with Crippen LogP contribution in [-0.4, -0.2) is 49.3 Å². The summed E-state index contributed by atoms with van der Waals surface area (Å²) in [5.74, 6) is 0. The molecular weight excluding hydrogens is 332 g/mol. The van der Waals surface area contributed by atoms with Gasteiger partial charge < -0.3 is 9.80 Å². The van der Waals surface area contributed by atoms with Crippen molar-refractivity contribution in [1.29, 1.82) is 0 Å². The van der Waals surface area contributed by atoms with E-state index in [4.69, 9.17) is 0 Å². The molecular formula is C20H22N2S2. The van der Waals surface area contributed by atoms with Crippen LogP contribution in [0.15, 0.2) is 57.2 Å². The van der Waals surface area contributed by atoms with Gasteiger partial charge in [0, 0.05) is 52.1 Å². The van der Waals surface area contributed by atoms with Gasteiger partial charge in [-0.1, -0.05) is 30.0 Å². The summed E-state index contributed by atoms with van der Waals surface area (Å²) < 4.78 is 0. The summed E-state index contributed by atoms with van der Waals surface area (Å²) in [6.07, 6.45) is 4.55. The van der Waals surface area contributed by atoms with E-state index in [0.717, 1.165) is 26.2 Å². The van der Waals surface area contributed by atoms with Gasteiger partial charge in [-0.3, -0.25) is 0 Å². The monoisotopic (exact) mass is 354 g/mol. The summed E-state index contributed by atoms with van der Waals surface area (Å²) in [5, 5.41) is 0. The summed E-state index contributed by atoms with van der Waals surface area (Å²) in [7, 11) is 2.21. The van der Waals surface area contributed by atoms with Crippen molar-refractivity contribution in [2.75, 3.05) is 39.5 Å². The van der Waals surface area contributed by atoms with Gasteiger partial charge in [0.2, 0.25) is 0 Å². The average Bonchev–Trinajstić information content (AvgIpc) is 2.78. The first-order valence-corrected chi connectivity index (χ1v) is 10.4. The molecule has 1 saturated heterocycles. The number of benzene rings is 2. The molecule has 2 heterocycles. The van der Waals surface area contributed by atoms with Crippen molar-refractivity contribution in [2.24, 2.45) is 0 Å². The van der Waals surface area contributed by atoms with Crippen molar-refractivity contribution < 1.29 is 0 Å². The van der Waals surface area contributed by atoms with Crippen molar-refractivity contribution in [3.05, 3.63) is 53.6 Å². The van der Waals surface area contributed by atoms with Gasteiger partial charge in [0.1, 0.15) is 0 Å². The van der Waals surface area contributed by atoms with Crippen LogP contribution in [0.5, 0.6) is 0 Å². The molecule has 2 aliphatic heterocycles. The Kier molecular flexibility index (Phi) is 4.61. The Morgan fingerprint density at radius 1 is 0.958 bits per heavy atom. The second kappa shape index (κ2) is 6.87. The predicted molar refractivity (Wildman–Crippen MR) is 106 cm³/mol. The first-order valence-electron chi connectivity index (χ1n) is 8.35. The number of rotatable bonds is 2. The molecule has 4 heteroatoms. The number of piperazine rings is 1. The summed E-state index contributed by atoms with van der Waals surface area (Å²) in [6, 6.07) is 15.7. The first-order chi connectivity index (χ1) is 11.7. The van der Waals surface area contributed by atoms with Gasteiger partial charge in [-0.2, -0.15) is 0 Å². The molecule has 0 bridgehead atoms. The molecule has 0 radical (unpaired) electrons. The smallest absolute Gasteiger partial charge is 0.0458 e. The number of hydrogen-bond acceptors (Lipinski definition) is 4. The van der Waals surface area contributed by atoms with E-state index in [1.54, 1.807) is 0 Å². The molecule has 0 spiro atoms. The maximum absolute atomic E-state index is 2.56. The molecule has 0 N–H and O–H groups in total. The maximum Gasteiger partial charge on any atom is 0.0458 e. The highest BCUT2D eigenvalue weighted by Crippen LogP contribution is 2.42. The normalized spacial score (nSPS) is 17.8. The van der Waals surface area contributed by atoms with Crippen LogP contribution < -0.4 is 0 Å². The Morgan fingerprint density at radius 2 is 1.75 bits per heavy atom. The number of hydrogen-bond donors (Lipinski definition) is 0. The zero-order valence-electron chi connectivity index (χ0n) is 14.2. The zero-order chi connectivity index (χ0) is 16.5. The highest BCUT2D eigenvalue weighted by Gasteiger charge is 2.22. The van der Waals surface area contributed by atoms with E-state index in [0.29, 0.717) is 0 Å². The lowest BCUT2D eigenvalue weighted by Gasteiger charge is -2.36. The predicted octanol–water partition coefficient (Wildman–Crippen LogP) is 4.62. The minimum Gasteiger partial charge on any atom is -0.368 e. The molecule has 2 aliphatic rings. The highest BCUT2D eigenvalue weighted by molar-refractivity contribution is 7.99. The van der Waals surface area contributed by atoms with Gasteiger partial charge >= 0.3 is 0 Å². The van der Waals surface area contributed by atoms with E-state index < -0.39 is 0 Å². The highest BCUT2D eigenvalue weighted by atomic mass is 32.2. The number of likely N-dealkylation sites (N-methyl/N-ethyl adjacent to an activating group) is 1. The Balaban J connectivity index is 1.82. The summed E-state index contributed by atoms with van der Waals surface area (Å²) in [4.78, 5) is 9.01. The Labute approximate surface area is 152 Å². The number of thioether (sulfide) groups is 1. The molecule has 0 atom stereocenters. The van der Waals surface area contributed by atoms with Crippen molar-refractivity contribution in [3.63, 3.8) is 0 Å².